The van der Waals surface area contributed by atoms with E-state index in [4.69, 9.17) is 9.90 Å². The summed E-state index contributed by atoms with van der Waals surface area (Å²) < 4.78 is 31.7. The number of carboxylic acids is 1. The minimum absolute atomic E-state index is 0.235. The number of piperidine rings is 1. The van der Waals surface area contributed by atoms with Crippen molar-refractivity contribution in [1.29, 1.82) is 0 Å². The van der Waals surface area contributed by atoms with Crippen molar-refractivity contribution in [3.05, 3.63) is 22.4 Å². The summed E-state index contributed by atoms with van der Waals surface area (Å²) in [5.41, 5.74) is 1.43. The molecule has 146 valence electrons. The molecule has 0 aromatic carbocycles. The summed E-state index contributed by atoms with van der Waals surface area (Å²) in [7, 11) is 0. The third kappa shape index (κ3) is 5.98. The highest BCUT2D eigenvalue weighted by atomic mass is 32.1. The lowest BCUT2D eigenvalue weighted by Gasteiger charge is -2.18. The Kier molecular flexibility index (Phi) is 6.68. The number of aliphatic carboxylic acids is 1. The fourth-order valence-electron chi connectivity index (χ4n) is 3.40. The number of carboxylic acid groups (broad SMARTS) is 1. The summed E-state index contributed by atoms with van der Waals surface area (Å²) in [6.45, 7) is 7.49. The second-order valence-corrected chi connectivity index (χ2v) is 7.83. The molecule has 0 bridgehead atoms. The van der Waals surface area contributed by atoms with E-state index in [0.29, 0.717) is 5.92 Å². The number of nitrogens with zero attached hydrogens (tertiary/aromatic N) is 1. The number of thiophene rings is 1. The van der Waals surface area contributed by atoms with Gasteiger partial charge in [0.2, 0.25) is 5.91 Å². The molecule has 5 nitrogen and oxygen atoms in total. The zero-order chi connectivity index (χ0) is 19.5. The number of carbonyl (C=O) groups is 2. The standard InChI is InChI=1S/C15H22N2OS.C2HF3O2/c1-10(2)16-15(18)5-12-13-7-17(8-14(12)13)6-11-3-4-19-9-11;3-2(4,5)1(6)7/h3-4,9-10,12-14H,5-8H2,1-2H3,(H,16,18);(H,6,7)/t12?,13-,14+;. The van der Waals surface area contributed by atoms with Crippen molar-refractivity contribution in [3.8, 4) is 0 Å². The zero-order valence-electron chi connectivity index (χ0n) is 14.6. The molecule has 9 heteroatoms. The van der Waals surface area contributed by atoms with Crippen molar-refractivity contribution >= 4 is 23.2 Å². The highest BCUT2D eigenvalue weighted by Gasteiger charge is 2.55. The Balaban J connectivity index is 0.000000298. The molecule has 0 spiro atoms. The van der Waals surface area contributed by atoms with E-state index in [1.54, 1.807) is 11.3 Å². The van der Waals surface area contributed by atoms with Crippen molar-refractivity contribution in [2.24, 2.45) is 17.8 Å². The fraction of sp³-hybridized carbons (Fsp3) is 0.647. The van der Waals surface area contributed by atoms with E-state index in [-0.39, 0.29) is 11.9 Å². The Morgan fingerprint density at radius 3 is 2.35 bits per heavy atom. The number of likely N-dealkylation sites (tertiary alicyclic amines) is 1. The highest BCUT2D eigenvalue weighted by molar-refractivity contribution is 7.07. The first-order valence-electron chi connectivity index (χ1n) is 8.40. The monoisotopic (exact) mass is 392 g/mol. The van der Waals surface area contributed by atoms with Gasteiger partial charge in [-0.15, -0.1) is 0 Å². The Labute approximate surface area is 154 Å². The minimum Gasteiger partial charge on any atom is -0.475 e. The SMILES string of the molecule is CC(C)NC(=O)CC1[C@H]2CN(Cc3ccsc3)C[C@@H]12.O=C(O)C(F)(F)F. The molecule has 3 rings (SSSR count). The van der Waals surface area contributed by atoms with Gasteiger partial charge in [0.05, 0.1) is 0 Å². The van der Waals surface area contributed by atoms with E-state index in [0.717, 1.165) is 24.8 Å². The van der Waals surface area contributed by atoms with Gasteiger partial charge in [-0.1, -0.05) is 0 Å². The molecule has 1 saturated carbocycles. The number of nitrogens with one attached hydrogen (secondary N) is 1. The minimum atomic E-state index is -5.08. The fourth-order valence-corrected chi connectivity index (χ4v) is 4.06. The van der Waals surface area contributed by atoms with Gasteiger partial charge in [0, 0.05) is 32.1 Å². The van der Waals surface area contributed by atoms with Crippen LogP contribution in [0.2, 0.25) is 0 Å². The van der Waals surface area contributed by atoms with Crippen molar-refractivity contribution in [3.63, 3.8) is 0 Å². The number of hydrogen-bond acceptors (Lipinski definition) is 4. The van der Waals surface area contributed by atoms with E-state index in [1.165, 1.54) is 18.7 Å². The van der Waals surface area contributed by atoms with Gasteiger partial charge in [0.15, 0.2) is 0 Å². The van der Waals surface area contributed by atoms with Crippen LogP contribution in [0.5, 0.6) is 0 Å². The third-order valence-electron chi connectivity index (χ3n) is 4.55. The van der Waals surface area contributed by atoms with E-state index in [1.807, 2.05) is 13.8 Å². The van der Waals surface area contributed by atoms with Crippen LogP contribution in [-0.4, -0.2) is 47.2 Å². The molecule has 1 aromatic heterocycles. The van der Waals surface area contributed by atoms with Gasteiger partial charge in [-0.2, -0.15) is 24.5 Å². The Bertz CT molecular complexity index is 607. The summed E-state index contributed by atoms with van der Waals surface area (Å²) in [5, 5.41) is 14.5. The van der Waals surface area contributed by atoms with Gasteiger partial charge in [-0.05, 0) is 54.0 Å². The zero-order valence-corrected chi connectivity index (χ0v) is 15.4. The van der Waals surface area contributed by atoms with E-state index in [2.05, 4.69) is 27.0 Å². The number of hydrogen-bond donors (Lipinski definition) is 2. The quantitative estimate of drug-likeness (QED) is 0.808. The van der Waals surface area contributed by atoms with Crippen LogP contribution in [0.1, 0.15) is 25.8 Å². The van der Waals surface area contributed by atoms with Crippen LogP contribution in [0.4, 0.5) is 13.2 Å². The molecular formula is C17H23F3N2O3S. The predicted molar refractivity (Wildman–Crippen MR) is 91.7 cm³/mol. The van der Waals surface area contributed by atoms with Crippen LogP contribution in [0, 0.1) is 17.8 Å². The first-order chi connectivity index (χ1) is 12.1. The average Bonchev–Trinajstić information content (AvgIpc) is 2.92. The molecule has 3 atom stereocenters. The summed E-state index contributed by atoms with van der Waals surface area (Å²) in [4.78, 5) is 23.2. The number of rotatable bonds is 5. The molecular weight excluding hydrogens is 369 g/mol. The molecule has 1 unspecified atom stereocenters. The Morgan fingerprint density at radius 1 is 1.35 bits per heavy atom. The highest BCUT2D eigenvalue weighted by Crippen LogP contribution is 2.53. The first kappa shape index (κ1) is 20.7. The predicted octanol–water partition coefficient (Wildman–Crippen LogP) is 2.97. The lowest BCUT2D eigenvalue weighted by molar-refractivity contribution is -0.192. The van der Waals surface area contributed by atoms with E-state index in [9.17, 15) is 18.0 Å². The Hall–Kier alpha value is -1.61. The second-order valence-electron chi connectivity index (χ2n) is 7.05. The lowest BCUT2D eigenvalue weighted by Crippen LogP contribution is -2.31. The second kappa shape index (κ2) is 8.39. The maximum Gasteiger partial charge on any atom is 0.490 e. The number of carbonyl (C=O) groups excluding carboxylic acids is 1. The molecule has 1 saturated heterocycles. The van der Waals surface area contributed by atoms with Gasteiger partial charge in [0.25, 0.3) is 0 Å². The molecule has 2 fully saturated rings. The maximum atomic E-state index is 11.7. The summed E-state index contributed by atoms with van der Waals surface area (Å²) in [5.74, 6) is -0.322. The first-order valence-corrected chi connectivity index (χ1v) is 9.35. The van der Waals surface area contributed by atoms with Crippen LogP contribution in [0.3, 0.4) is 0 Å². The van der Waals surface area contributed by atoms with Gasteiger partial charge >= 0.3 is 12.1 Å². The number of halogens is 3. The van der Waals surface area contributed by atoms with Crippen LogP contribution < -0.4 is 5.32 Å². The van der Waals surface area contributed by atoms with Crippen LogP contribution in [0.25, 0.3) is 0 Å². The molecule has 1 aromatic rings. The van der Waals surface area contributed by atoms with Gasteiger partial charge in [0.1, 0.15) is 0 Å². The molecule has 1 aliphatic heterocycles. The molecule has 2 heterocycles. The van der Waals surface area contributed by atoms with Crippen LogP contribution in [0.15, 0.2) is 16.8 Å². The van der Waals surface area contributed by atoms with Gasteiger partial charge in [-0.25, -0.2) is 4.79 Å². The topological polar surface area (TPSA) is 69.6 Å². The number of alkyl halides is 3. The normalized spacial score (nSPS) is 24.6. The summed E-state index contributed by atoms with van der Waals surface area (Å²) in [6, 6.07) is 2.48. The molecule has 1 aliphatic carbocycles. The van der Waals surface area contributed by atoms with Crippen LogP contribution >= 0.6 is 11.3 Å². The maximum absolute atomic E-state index is 11.7. The lowest BCUT2D eigenvalue weighted by atomic mass is 10.1. The van der Waals surface area contributed by atoms with Crippen molar-refractivity contribution < 1.29 is 27.9 Å². The van der Waals surface area contributed by atoms with Crippen molar-refractivity contribution in [2.45, 2.75) is 39.0 Å². The summed E-state index contributed by atoms with van der Waals surface area (Å²) in [6.07, 6.45) is -4.35. The van der Waals surface area contributed by atoms with Gasteiger partial charge in [-0.3, -0.25) is 9.69 Å². The van der Waals surface area contributed by atoms with Crippen LogP contribution in [-0.2, 0) is 16.1 Å². The third-order valence-corrected chi connectivity index (χ3v) is 5.28. The number of fused-ring (bicyclic) bond motifs is 1. The molecule has 2 aliphatic rings. The van der Waals surface area contributed by atoms with Crippen molar-refractivity contribution in [1.82, 2.24) is 10.2 Å². The molecule has 1 amide bonds. The average molecular weight is 392 g/mol. The molecule has 0 radical (unpaired) electrons. The van der Waals surface area contributed by atoms with Gasteiger partial charge < -0.3 is 10.4 Å². The summed E-state index contributed by atoms with van der Waals surface area (Å²) >= 11 is 1.77. The smallest absolute Gasteiger partial charge is 0.475 e. The number of amides is 1. The molecule has 2 N–H and O–H groups in total. The van der Waals surface area contributed by atoms with Crippen molar-refractivity contribution in [2.75, 3.05) is 13.1 Å². The molecule has 26 heavy (non-hydrogen) atoms. The Morgan fingerprint density at radius 2 is 1.92 bits per heavy atom. The largest absolute Gasteiger partial charge is 0.490 e. The van der Waals surface area contributed by atoms with E-state index >= 15 is 0 Å². The van der Waals surface area contributed by atoms with E-state index < -0.39 is 12.1 Å².